The summed E-state index contributed by atoms with van der Waals surface area (Å²) in [7, 11) is -3.16. The minimum atomic E-state index is -3.16. The van der Waals surface area contributed by atoms with Crippen molar-refractivity contribution in [2.75, 3.05) is 25.4 Å². The maximum atomic E-state index is 12.6. The molecule has 136 valence electrons. The zero-order valence-corrected chi connectivity index (χ0v) is 15.3. The molecule has 25 heavy (non-hydrogen) atoms. The van der Waals surface area contributed by atoms with Crippen LogP contribution in [0.3, 0.4) is 0 Å². The maximum absolute atomic E-state index is 12.6. The number of nitrogens with zero attached hydrogens (tertiary/aromatic N) is 2. The van der Waals surface area contributed by atoms with Gasteiger partial charge in [0, 0.05) is 30.6 Å². The van der Waals surface area contributed by atoms with Crippen molar-refractivity contribution in [3.05, 3.63) is 29.6 Å². The van der Waals surface area contributed by atoms with Gasteiger partial charge in [-0.05, 0) is 38.3 Å². The summed E-state index contributed by atoms with van der Waals surface area (Å²) in [6.45, 7) is 3.42. The van der Waals surface area contributed by atoms with Crippen molar-refractivity contribution in [1.29, 1.82) is 0 Å². The molecular formula is C18H24N2O4S. The molecule has 0 bridgehead atoms. The largest absolute Gasteiger partial charge is 0.375 e. The van der Waals surface area contributed by atoms with E-state index < -0.39 is 14.6 Å². The molecule has 1 saturated carbocycles. The van der Waals surface area contributed by atoms with Crippen LogP contribution in [0.25, 0.3) is 0 Å². The zero-order valence-electron chi connectivity index (χ0n) is 14.5. The van der Waals surface area contributed by atoms with Gasteiger partial charge in [0.25, 0.3) is 0 Å². The fourth-order valence-corrected chi connectivity index (χ4v) is 6.44. The number of aryl methyl sites for hydroxylation is 1. The van der Waals surface area contributed by atoms with Gasteiger partial charge in [-0.2, -0.15) is 0 Å². The lowest BCUT2D eigenvalue weighted by Crippen LogP contribution is -2.69. The van der Waals surface area contributed by atoms with Gasteiger partial charge in [0.15, 0.2) is 9.84 Å². The van der Waals surface area contributed by atoms with Gasteiger partial charge in [-0.25, -0.2) is 8.42 Å². The summed E-state index contributed by atoms with van der Waals surface area (Å²) in [6.07, 6.45) is 2.52. The second kappa shape index (κ2) is 6.06. The molecular weight excluding hydrogens is 340 g/mol. The number of ether oxygens (including phenoxy) is 1. The molecule has 2 aliphatic heterocycles. The lowest BCUT2D eigenvalue weighted by Gasteiger charge is -2.50. The third-order valence-corrected chi connectivity index (χ3v) is 8.37. The van der Waals surface area contributed by atoms with Gasteiger partial charge in [0.05, 0.1) is 24.7 Å². The Bertz CT molecular complexity index is 782. The van der Waals surface area contributed by atoms with Crippen molar-refractivity contribution in [3.63, 3.8) is 0 Å². The summed E-state index contributed by atoms with van der Waals surface area (Å²) in [5.41, 5.74) is 1.79. The third-order valence-electron chi connectivity index (χ3n) is 5.77. The molecule has 1 amide bonds. The monoisotopic (exact) mass is 364 g/mol. The number of sulfone groups is 1. The summed E-state index contributed by atoms with van der Waals surface area (Å²) >= 11 is 0. The van der Waals surface area contributed by atoms with E-state index in [-0.39, 0.29) is 23.5 Å². The topological polar surface area (TPSA) is 76.6 Å². The van der Waals surface area contributed by atoms with Crippen molar-refractivity contribution in [2.24, 2.45) is 11.8 Å². The van der Waals surface area contributed by atoms with E-state index in [1.165, 1.54) is 0 Å². The molecule has 0 aromatic carbocycles. The van der Waals surface area contributed by atoms with Crippen molar-refractivity contribution in [3.8, 4) is 0 Å². The van der Waals surface area contributed by atoms with Crippen molar-refractivity contribution in [1.82, 2.24) is 9.88 Å². The van der Waals surface area contributed by atoms with Crippen LogP contribution in [0.15, 0.2) is 18.2 Å². The molecule has 0 unspecified atom stereocenters. The molecule has 1 atom stereocenters. The van der Waals surface area contributed by atoms with Crippen molar-refractivity contribution in [2.45, 2.75) is 37.5 Å². The average molecular weight is 364 g/mol. The van der Waals surface area contributed by atoms with Gasteiger partial charge in [0.2, 0.25) is 5.91 Å². The standard InChI is InChI=1S/C18H24N2O4S/c1-13-3-2-4-16(19-13)10-24-9-15-7-8-25(22,23)18(15)11-20(12-18)17(21)14-5-6-14/h2-4,14-15H,5-12H2,1H3/t15-/m0/s1. The molecule has 1 spiro atoms. The Morgan fingerprint density at radius 1 is 1.32 bits per heavy atom. The summed E-state index contributed by atoms with van der Waals surface area (Å²) < 4.78 is 30.2. The number of carbonyl (C=O) groups is 1. The molecule has 1 aliphatic carbocycles. The lowest BCUT2D eigenvalue weighted by molar-refractivity contribution is -0.139. The Morgan fingerprint density at radius 2 is 2.08 bits per heavy atom. The Morgan fingerprint density at radius 3 is 2.76 bits per heavy atom. The first-order chi connectivity index (χ1) is 11.9. The molecule has 3 fully saturated rings. The molecule has 6 nitrogen and oxygen atoms in total. The highest BCUT2D eigenvalue weighted by Crippen LogP contribution is 2.46. The first-order valence-corrected chi connectivity index (χ1v) is 10.6. The summed E-state index contributed by atoms with van der Waals surface area (Å²) in [6, 6.07) is 5.78. The Labute approximate surface area is 148 Å². The molecule has 0 N–H and O–H groups in total. The fraction of sp³-hybridized carbons (Fsp3) is 0.667. The molecule has 3 heterocycles. The van der Waals surface area contributed by atoms with Crippen LogP contribution in [0.2, 0.25) is 0 Å². The number of pyridine rings is 1. The normalized spacial score (nSPS) is 26.6. The molecule has 2 saturated heterocycles. The van der Waals surface area contributed by atoms with E-state index >= 15 is 0 Å². The van der Waals surface area contributed by atoms with E-state index in [0.29, 0.717) is 32.7 Å². The van der Waals surface area contributed by atoms with Crippen LogP contribution in [0.4, 0.5) is 0 Å². The van der Waals surface area contributed by atoms with Crippen LogP contribution < -0.4 is 0 Å². The minimum absolute atomic E-state index is 0.0365. The Kier molecular flexibility index (Phi) is 4.11. The third kappa shape index (κ3) is 2.97. The number of carbonyl (C=O) groups excluding carboxylic acids is 1. The van der Waals surface area contributed by atoms with Gasteiger partial charge in [-0.3, -0.25) is 9.78 Å². The highest BCUT2D eigenvalue weighted by Gasteiger charge is 2.63. The summed E-state index contributed by atoms with van der Waals surface area (Å²) in [4.78, 5) is 18.3. The number of amides is 1. The second-order valence-corrected chi connectivity index (χ2v) is 10.1. The number of hydrogen-bond donors (Lipinski definition) is 0. The second-order valence-electron chi connectivity index (χ2n) is 7.62. The van der Waals surface area contributed by atoms with Crippen LogP contribution in [-0.2, 0) is 26.0 Å². The molecule has 4 rings (SSSR count). The first-order valence-electron chi connectivity index (χ1n) is 8.93. The van der Waals surface area contributed by atoms with Gasteiger partial charge >= 0.3 is 0 Å². The Balaban J connectivity index is 1.38. The number of likely N-dealkylation sites (tertiary alicyclic amines) is 1. The number of hydrogen-bond acceptors (Lipinski definition) is 5. The van der Waals surface area contributed by atoms with Crippen LogP contribution in [0.5, 0.6) is 0 Å². The van der Waals surface area contributed by atoms with E-state index in [1.54, 1.807) is 4.90 Å². The van der Waals surface area contributed by atoms with E-state index in [1.807, 2.05) is 25.1 Å². The number of aromatic nitrogens is 1. The number of rotatable bonds is 5. The summed E-state index contributed by atoms with van der Waals surface area (Å²) in [5, 5.41) is 0. The van der Waals surface area contributed by atoms with E-state index in [0.717, 1.165) is 24.2 Å². The van der Waals surface area contributed by atoms with Gasteiger partial charge in [-0.1, -0.05) is 6.07 Å². The lowest BCUT2D eigenvalue weighted by atomic mass is 9.83. The highest BCUT2D eigenvalue weighted by molar-refractivity contribution is 7.93. The SMILES string of the molecule is Cc1cccc(COC[C@@H]2CCS(=O)(=O)C23CN(C(=O)C2CC2)C3)n1. The molecule has 1 aromatic heterocycles. The quantitative estimate of drug-likeness (QED) is 0.788. The highest BCUT2D eigenvalue weighted by atomic mass is 32.2. The predicted octanol–water partition coefficient (Wildman–Crippen LogP) is 1.33. The van der Waals surface area contributed by atoms with E-state index in [9.17, 15) is 13.2 Å². The van der Waals surface area contributed by atoms with E-state index in [4.69, 9.17) is 4.74 Å². The maximum Gasteiger partial charge on any atom is 0.225 e. The molecule has 0 radical (unpaired) electrons. The van der Waals surface area contributed by atoms with Gasteiger partial charge < -0.3 is 9.64 Å². The molecule has 1 aromatic rings. The molecule has 7 heteroatoms. The zero-order chi connectivity index (χ0) is 17.7. The molecule has 3 aliphatic rings. The van der Waals surface area contributed by atoms with Gasteiger partial charge in [-0.15, -0.1) is 0 Å². The Hall–Kier alpha value is -1.47. The smallest absolute Gasteiger partial charge is 0.225 e. The minimum Gasteiger partial charge on any atom is -0.375 e. The summed E-state index contributed by atoms with van der Waals surface area (Å²) in [5.74, 6) is 0.445. The van der Waals surface area contributed by atoms with Crippen LogP contribution in [0, 0.1) is 18.8 Å². The van der Waals surface area contributed by atoms with Gasteiger partial charge in [0.1, 0.15) is 4.75 Å². The first kappa shape index (κ1) is 17.0. The fourth-order valence-electron chi connectivity index (χ4n) is 4.04. The predicted molar refractivity (Wildman–Crippen MR) is 92.6 cm³/mol. The van der Waals surface area contributed by atoms with Crippen LogP contribution >= 0.6 is 0 Å². The average Bonchev–Trinajstić information content (AvgIpc) is 3.31. The van der Waals surface area contributed by atoms with Crippen LogP contribution in [-0.4, -0.2) is 54.4 Å². The van der Waals surface area contributed by atoms with Crippen molar-refractivity contribution >= 4 is 15.7 Å². The van der Waals surface area contributed by atoms with E-state index in [2.05, 4.69) is 4.98 Å². The van der Waals surface area contributed by atoms with Crippen LogP contribution in [0.1, 0.15) is 30.7 Å². The van der Waals surface area contributed by atoms with Crippen molar-refractivity contribution < 1.29 is 17.9 Å².